The molecule has 1 aliphatic rings. The lowest BCUT2D eigenvalue weighted by Crippen LogP contribution is -2.26. The molecular formula is C19H14BrN3O4S. The third-order valence-electron chi connectivity index (χ3n) is 4.16. The Balaban J connectivity index is 1.62. The normalized spacial score (nSPS) is 15.4. The number of hydrogen-bond donors (Lipinski definition) is 2. The minimum atomic E-state index is -0.415. The SMILES string of the molecule is O=C(Cn1cc(/C=C2\SC(=O)NC2=O)c2cc(Br)ccc21)NCc1ccco1. The first kappa shape index (κ1) is 18.6. The third kappa shape index (κ3) is 3.90. The fraction of sp³-hybridized carbons (Fsp3) is 0.105. The fourth-order valence-electron chi connectivity index (χ4n) is 2.91. The van der Waals surface area contributed by atoms with Crippen molar-refractivity contribution in [3.05, 3.63) is 63.5 Å². The van der Waals surface area contributed by atoms with Crippen LogP contribution in [0.5, 0.6) is 0 Å². The van der Waals surface area contributed by atoms with Crippen LogP contribution in [0, 0.1) is 0 Å². The van der Waals surface area contributed by atoms with Gasteiger partial charge in [0.1, 0.15) is 12.3 Å². The van der Waals surface area contributed by atoms with Crippen molar-refractivity contribution in [3.8, 4) is 0 Å². The van der Waals surface area contributed by atoms with Gasteiger partial charge >= 0.3 is 0 Å². The van der Waals surface area contributed by atoms with Gasteiger partial charge in [-0.2, -0.15) is 0 Å². The number of hydrogen-bond acceptors (Lipinski definition) is 5. The van der Waals surface area contributed by atoms with Crippen molar-refractivity contribution in [1.29, 1.82) is 0 Å². The van der Waals surface area contributed by atoms with E-state index in [0.29, 0.717) is 17.2 Å². The Hall–Kier alpha value is -2.78. The minimum Gasteiger partial charge on any atom is -0.467 e. The highest BCUT2D eigenvalue weighted by atomic mass is 79.9. The van der Waals surface area contributed by atoms with Gasteiger partial charge in [0.25, 0.3) is 11.1 Å². The number of nitrogens with one attached hydrogen (secondary N) is 2. The maximum atomic E-state index is 12.4. The molecule has 0 saturated carbocycles. The number of nitrogens with zero attached hydrogens (tertiary/aromatic N) is 1. The van der Waals surface area contributed by atoms with Crippen molar-refractivity contribution in [1.82, 2.24) is 15.2 Å². The zero-order chi connectivity index (χ0) is 19.7. The van der Waals surface area contributed by atoms with E-state index in [1.54, 1.807) is 30.7 Å². The number of thioether (sulfide) groups is 1. The number of halogens is 1. The summed E-state index contributed by atoms with van der Waals surface area (Å²) < 4.78 is 7.90. The van der Waals surface area contributed by atoms with Crippen molar-refractivity contribution in [2.75, 3.05) is 0 Å². The van der Waals surface area contributed by atoms with Gasteiger partial charge in [0.05, 0.1) is 17.7 Å². The molecule has 28 heavy (non-hydrogen) atoms. The molecule has 0 aliphatic carbocycles. The van der Waals surface area contributed by atoms with Gasteiger partial charge in [0, 0.05) is 27.1 Å². The molecule has 0 bridgehead atoms. The molecule has 0 atom stereocenters. The van der Waals surface area contributed by atoms with Gasteiger partial charge in [-0.3, -0.25) is 19.7 Å². The lowest BCUT2D eigenvalue weighted by molar-refractivity contribution is -0.121. The maximum Gasteiger partial charge on any atom is 0.290 e. The van der Waals surface area contributed by atoms with Crippen molar-refractivity contribution in [2.45, 2.75) is 13.1 Å². The molecule has 9 heteroatoms. The van der Waals surface area contributed by atoms with Crippen LogP contribution in [0.2, 0.25) is 0 Å². The number of carbonyl (C=O) groups excluding carboxylic acids is 3. The lowest BCUT2D eigenvalue weighted by atomic mass is 10.1. The van der Waals surface area contributed by atoms with Crippen LogP contribution in [-0.4, -0.2) is 21.6 Å². The van der Waals surface area contributed by atoms with E-state index in [-0.39, 0.29) is 12.5 Å². The predicted molar refractivity (Wildman–Crippen MR) is 109 cm³/mol. The second-order valence-electron chi connectivity index (χ2n) is 6.08. The summed E-state index contributed by atoms with van der Waals surface area (Å²) in [6, 6.07) is 9.25. The molecule has 1 aromatic carbocycles. The number of imide groups is 1. The molecule has 0 radical (unpaired) electrons. The molecular weight excluding hydrogens is 446 g/mol. The number of rotatable bonds is 5. The average Bonchev–Trinajstić information content (AvgIpc) is 3.35. The molecule has 1 aliphatic heterocycles. The molecule has 1 fully saturated rings. The molecule has 7 nitrogen and oxygen atoms in total. The van der Waals surface area contributed by atoms with Crippen LogP contribution in [0.4, 0.5) is 4.79 Å². The summed E-state index contributed by atoms with van der Waals surface area (Å²) in [6.45, 7) is 0.423. The van der Waals surface area contributed by atoms with Crippen LogP contribution in [-0.2, 0) is 22.7 Å². The number of benzene rings is 1. The molecule has 0 spiro atoms. The third-order valence-corrected chi connectivity index (χ3v) is 5.46. The highest BCUT2D eigenvalue weighted by Crippen LogP contribution is 2.31. The minimum absolute atomic E-state index is 0.111. The summed E-state index contributed by atoms with van der Waals surface area (Å²) in [7, 11) is 0. The molecule has 3 amide bonds. The highest BCUT2D eigenvalue weighted by Gasteiger charge is 2.25. The van der Waals surface area contributed by atoms with E-state index in [1.165, 1.54) is 0 Å². The van der Waals surface area contributed by atoms with E-state index in [9.17, 15) is 14.4 Å². The largest absolute Gasteiger partial charge is 0.467 e. The zero-order valence-electron chi connectivity index (χ0n) is 14.4. The first-order valence-corrected chi connectivity index (χ1v) is 9.93. The number of aromatic nitrogens is 1. The van der Waals surface area contributed by atoms with E-state index in [0.717, 1.165) is 32.7 Å². The van der Waals surface area contributed by atoms with Crippen LogP contribution in [0.3, 0.4) is 0 Å². The van der Waals surface area contributed by atoms with Crippen molar-refractivity contribution in [2.24, 2.45) is 0 Å². The fourth-order valence-corrected chi connectivity index (χ4v) is 3.95. The molecule has 4 rings (SSSR count). The molecule has 3 aromatic rings. The van der Waals surface area contributed by atoms with Crippen molar-refractivity contribution in [3.63, 3.8) is 0 Å². The van der Waals surface area contributed by atoms with Crippen LogP contribution in [0.1, 0.15) is 11.3 Å². The molecule has 2 aromatic heterocycles. The van der Waals surface area contributed by atoms with Gasteiger partial charge in [-0.05, 0) is 48.2 Å². The lowest BCUT2D eigenvalue weighted by Gasteiger charge is -2.06. The second kappa shape index (κ2) is 7.69. The summed E-state index contributed by atoms with van der Waals surface area (Å²) in [5.74, 6) is 0.0923. The van der Waals surface area contributed by atoms with Gasteiger partial charge in [0.2, 0.25) is 5.91 Å². The number of furan rings is 1. The smallest absolute Gasteiger partial charge is 0.290 e. The first-order chi connectivity index (χ1) is 13.5. The van der Waals surface area contributed by atoms with E-state index in [2.05, 4.69) is 26.6 Å². The monoisotopic (exact) mass is 459 g/mol. The summed E-state index contributed by atoms with van der Waals surface area (Å²) in [4.78, 5) is 36.0. The highest BCUT2D eigenvalue weighted by molar-refractivity contribution is 9.10. The van der Waals surface area contributed by atoms with E-state index >= 15 is 0 Å². The Kier molecular flexibility index (Phi) is 5.10. The van der Waals surface area contributed by atoms with Gasteiger partial charge < -0.3 is 14.3 Å². The Morgan fingerprint density at radius 3 is 2.89 bits per heavy atom. The summed E-state index contributed by atoms with van der Waals surface area (Å²) in [6.07, 6.45) is 5.02. The van der Waals surface area contributed by atoms with Gasteiger partial charge in [-0.25, -0.2) is 0 Å². The van der Waals surface area contributed by atoms with Gasteiger partial charge in [-0.1, -0.05) is 15.9 Å². The molecule has 2 N–H and O–H groups in total. The molecule has 0 unspecified atom stereocenters. The van der Waals surface area contributed by atoms with E-state index < -0.39 is 11.1 Å². The maximum absolute atomic E-state index is 12.4. The van der Waals surface area contributed by atoms with Crippen LogP contribution < -0.4 is 10.6 Å². The standard InChI is InChI=1S/C19H14BrN3O4S/c20-12-3-4-15-14(7-12)11(6-16-18(25)22-19(26)28-16)9-23(15)10-17(24)21-8-13-2-1-5-27-13/h1-7,9H,8,10H2,(H,21,24)(H,22,25,26)/b16-6-. The average molecular weight is 460 g/mol. The van der Waals surface area contributed by atoms with E-state index in [1.807, 2.05) is 22.8 Å². The Morgan fingerprint density at radius 1 is 1.32 bits per heavy atom. The topological polar surface area (TPSA) is 93.3 Å². The number of amides is 3. The number of carbonyl (C=O) groups is 3. The Bertz CT molecular complexity index is 1120. The van der Waals surface area contributed by atoms with Crippen LogP contribution >= 0.6 is 27.7 Å². The molecule has 142 valence electrons. The molecule has 3 heterocycles. The van der Waals surface area contributed by atoms with Crippen LogP contribution in [0.15, 0.2) is 56.6 Å². The zero-order valence-corrected chi connectivity index (χ0v) is 16.8. The summed E-state index contributed by atoms with van der Waals surface area (Å²) >= 11 is 4.31. The summed E-state index contributed by atoms with van der Waals surface area (Å²) in [5, 5.41) is 5.54. The van der Waals surface area contributed by atoms with Crippen molar-refractivity contribution < 1.29 is 18.8 Å². The second-order valence-corrected chi connectivity index (χ2v) is 8.01. The summed E-state index contributed by atoms with van der Waals surface area (Å²) in [5.41, 5.74) is 1.60. The Morgan fingerprint density at radius 2 is 2.18 bits per heavy atom. The van der Waals surface area contributed by atoms with Crippen LogP contribution in [0.25, 0.3) is 17.0 Å². The van der Waals surface area contributed by atoms with Crippen molar-refractivity contribution >= 4 is 61.7 Å². The Labute approximate surface area is 172 Å². The van der Waals surface area contributed by atoms with Gasteiger partial charge in [-0.15, -0.1) is 0 Å². The number of fused-ring (bicyclic) bond motifs is 1. The molecule has 1 saturated heterocycles. The van der Waals surface area contributed by atoms with E-state index in [4.69, 9.17) is 4.42 Å². The first-order valence-electron chi connectivity index (χ1n) is 8.32. The predicted octanol–water partition coefficient (Wildman–Crippen LogP) is 3.64. The van der Waals surface area contributed by atoms with Gasteiger partial charge in [0.15, 0.2) is 0 Å². The quantitative estimate of drug-likeness (QED) is 0.568.